The molecule has 3 nitrogen and oxygen atoms in total. The van der Waals surface area contributed by atoms with Crippen molar-refractivity contribution in [3.63, 3.8) is 0 Å². The highest BCUT2D eigenvalue weighted by Crippen LogP contribution is 2.26. The second-order valence-corrected chi connectivity index (χ2v) is 3.82. The molecule has 94 valence electrons. The first-order valence-corrected chi connectivity index (χ1v) is 6.02. The van der Waals surface area contributed by atoms with Gasteiger partial charge in [0.2, 0.25) is 0 Å². The Kier molecular flexibility index (Phi) is 4.20. The van der Waals surface area contributed by atoms with E-state index in [0.717, 1.165) is 22.8 Å². The SMILES string of the molecule is CCOc1ccc(Oc2ccccc2CN)cc1. The average molecular weight is 243 g/mol. The number of nitrogens with two attached hydrogens (primary N) is 1. The zero-order valence-electron chi connectivity index (χ0n) is 10.4. The van der Waals surface area contributed by atoms with Gasteiger partial charge in [-0.3, -0.25) is 0 Å². The number of rotatable bonds is 5. The van der Waals surface area contributed by atoms with Crippen LogP contribution in [0.1, 0.15) is 12.5 Å². The first-order chi connectivity index (χ1) is 8.83. The first kappa shape index (κ1) is 12.5. The van der Waals surface area contributed by atoms with Crippen LogP contribution in [-0.4, -0.2) is 6.61 Å². The van der Waals surface area contributed by atoms with Crippen LogP contribution < -0.4 is 15.2 Å². The highest BCUT2D eigenvalue weighted by Gasteiger charge is 2.02. The molecule has 2 aromatic rings. The van der Waals surface area contributed by atoms with Crippen LogP contribution in [0.15, 0.2) is 48.5 Å². The van der Waals surface area contributed by atoms with Crippen molar-refractivity contribution in [1.29, 1.82) is 0 Å². The zero-order valence-corrected chi connectivity index (χ0v) is 10.4. The van der Waals surface area contributed by atoms with Gasteiger partial charge in [0.25, 0.3) is 0 Å². The summed E-state index contributed by atoms with van der Waals surface area (Å²) in [6.45, 7) is 3.09. The van der Waals surface area contributed by atoms with Gasteiger partial charge in [-0.2, -0.15) is 0 Å². The summed E-state index contributed by atoms with van der Waals surface area (Å²) in [6.07, 6.45) is 0. The second kappa shape index (κ2) is 6.07. The van der Waals surface area contributed by atoms with Crippen molar-refractivity contribution >= 4 is 0 Å². The molecule has 2 N–H and O–H groups in total. The summed E-state index contributed by atoms with van der Waals surface area (Å²) in [5, 5.41) is 0. The highest BCUT2D eigenvalue weighted by atomic mass is 16.5. The lowest BCUT2D eigenvalue weighted by atomic mass is 10.2. The molecule has 0 aliphatic carbocycles. The molecular weight excluding hydrogens is 226 g/mol. The predicted octanol–water partition coefficient (Wildman–Crippen LogP) is 3.34. The molecule has 2 aromatic carbocycles. The normalized spacial score (nSPS) is 10.1. The van der Waals surface area contributed by atoms with Gasteiger partial charge in [-0.25, -0.2) is 0 Å². The maximum Gasteiger partial charge on any atom is 0.131 e. The third kappa shape index (κ3) is 3.02. The zero-order chi connectivity index (χ0) is 12.8. The van der Waals surface area contributed by atoms with Gasteiger partial charge in [0.1, 0.15) is 17.2 Å². The molecule has 0 aliphatic rings. The molecule has 0 atom stereocenters. The summed E-state index contributed by atoms with van der Waals surface area (Å²) in [4.78, 5) is 0. The molecular formula is C15H17NO2. The van der Waals surface area contributed by atoms with E-state index in [2.05, 4.69) is 0 Å². The van der Waals surface area contributed by atoms with Crippen molar-refractivity contribution in [1.82, 2.24) is 0 Å². The molecule has 0 fully saturated rings. The predicted molar refractivity (Wildman–Crippen MR) is 72.0 cm³/mol. The Hall–Kier alpha value is -2.00. The van der Waals surface area contributed by atoms with Crippen LogP contribution >= 0.6 is 0 Å². The molecule has 3 heteroatoms. The van der Waals surface area contributed by atoms with Gasteiger partial charge in [-0.05, 0) is 37.3 Å². The van der Waals surface area contributed by atoms with E-state index >= 15 is 0 Å². The Morgan fingerprint density at radius 1 is 0.944 bits per heavy atom. The first-order valence-electron chi connectivity index (χ1n) is 6.02. The van der Waals surface area contributed by atoms with E-state index in [1.54, 1.807) is 0 Å². The van der Waals surface area contributed by atoms with E-state index in [-0.39, 0.29) is 0 Å². The van der Waals surface area contributed by atoms with Crippen LogP contribution in [0.4, 0.5) is 0 Å². The minimum atomic E-state index is 0.465. The molecule has 0 unspecified atom stereocenters. The van der Waals surface area contributed by atoms with E-state index in [1.807, 2.05) is 55.5 Å². The van der Waals surface area contributed by atoms with Crippen LogP contribution in [0.25, 0.3) is 0 Å². The second-order valence-electron chi connectivity index (χ2n) is 3.82. The lowest BCUT2D eigenvalue weighted by Crippen LogP contribution is -1.99. The van der Waals surface area contributed by atoms with Crippen LogP contribution in [0.3, 0.4) is 0 Å². The van der Waals surface area contributed by atoms with Crippen molar-refractivity contribution in [2.45, 2.75) is 13.5 Å². The Bertz CT molecular complexity index is 494. The van der Waals surface area contributed by atoms with Gasteiger partial charge in [-0.15, -0.1) is 0 Å². The van der Waals surface area contributed by atoms with Gasteiger partial charge >= 0.3 is 0 Å². The Balaban J connectivity index is 2.13. The van der Waals surface area contributed by atoms with E-state index in [1.165, 1.54) is 0 Å². The van der Waals surface area contributed by atoms with Crippen molar-refractivity contribution in [3.8, 4) is 17.2 Å². The Morgan fingerprint density at radius 3 is 2.28 bits per heavy atom. The fourth-order valence-corrected chi connectivity index (χ4v) is 1.67. The molecule has 0 aliphatic heterocycles. The fourth-order valence-electron chi connectivity index (χ4n) is 1.67. The third-order valence-corrected chi connectivity index (χ3v) is 2.56. The molecule has 0 saturated carbocycles. The summed E-state index contributed by atoms with van der Waals surface area (Å²) >= 11 is 0. The van der Waals surface area contributed by atoms with Crippen LogP contribution in [0.2, 0.25) is 0 Å². The van der Waals surface area contributed by atoms with Gasteiger partial charge < -0.3 is 15.2 Å². The molecule has 2 rings (SSSR count). The maximum absolute atomic E-state index is 5.80. The quantitative estimate of drug-likeness (QED) is 0.876. The molecule has 0 spiro atoms. The molecule has 0 heterocycles. The monoisotopic (exact) mass is 243 g/mol. The topological polar surface area (TPSA) is 44.5 Å². The number of benzene rings is 2. The summed E-state index contributed by atoms with van der Waals surface area (Å²) in [7, 11) is 0. The summed E-state index contributed by atoms with van der Waals surface area (Å²) in [6, 6.07) is 15.3. The van der Waals surface area contributed by atoms with Gasteiger partial charge in [0.05, 0.1) is 6.61 Å². The van der Waals surface area contributed by atoms with Crippen molar-refractivity contribution in [2.75, 3.05) is 6.61 Å². The van der Waals surface area contributed by atoms with Gasteiger partial charge in [-0.1, -0.05) is 18.2 Å². The number of para-hydroxylation sites is 1. The van der Waals surface area contributed by atoms with E-state index in [4.69, 9.17) is 15.2 Å². The standard InChI is InChI=1S/C15H17NO2/c1-2-17-13-7-9-14(10-8-13)18-15-6-4-3-5-12(15)11-16/h3-10H,2,11,16H2,1H3. The molecule has 18 heavy (non-hydrogen) atoms. The third-order valence-electron chi connectivity index (χ3n) is 2.56. The molecule has 0 aromatic heterocycles. The molecule has 0 amide bonds. The van der Waals surface area contributed by atoms with E-state index < -0.39 is 0 Å². The van der Waals surface area contributed by atoms with Crippen LogP contribution in [0, 0.1) is 0 Å². The Labute approximate surface area is 107 Å². The smallest absolute Gasteiger partial charge is 0.131 e. The molecule has 0 saturated heterocycles. The number of hydrogen-bond donors (Lipinski definition) is 1. The van der Waals surface area contributed by atoms with Gasteiger partial charge in [0, 0.05) is 12.1 Å². The average Bonchev–Trinajstić information content (AvgIpc) is 2.42. The largest absolute Gasteiger partial charge is 0.494 e. The van der Waals surface area contributed by atoms with Crippen LogP contribution in [-0.2, 0) is 6.54 Å². The minimum Gasteiger partial charge on any atom is -0.494 e. The number of hydrogen-bond acceptors (Lipinski definition) is 3. The van der Waals surface area contributed by atoms with Gasteiger partial charge in [0.15, 0.2) is 0 Å². The lowest BCUT2D eigenvalue weighted by Gasteiger charge is -2.10. The maximum atomic E-state index is 5.80. The van der Waals surface area contributed by atoms with E-state index in [9.17, 15) is 0 Å². The van der Waals surface area contributed by atoms with Crippen molar-refractivity contribution < 1.29 is 9.47 Å². The summed E-state index contributed by atoms with van der Waals surface area (Å²) in [5.41, 5.74) is 6.66. The van der Waals surface area contributed by atoms with Crippen LogP contribution in [0.5, 0.6) is 17.2 Å². The van der Waals surface area contributed by atoms with E-state index in [0.29, 0.717) is 13.2 Å². The van der Waals surface area contributed by atoms with Crippen molar-refractivity contribution in [2.24, 2.45) is 5.73 Å². The Morgan fingerprint density at radius 2 is 1.61 bits per heavy atom. The number of ether oxygens (including phenoxy) is 2. The highest BCUT2D eigenvalue weighted by molar-refractivity contribution is 5.39. The minimum absolute atomic E-state index is 0.465. The molecule has 0 bridgehead atoms. The fraction of sp³-hybridized carbons (Fsp3) is 0.200. The molecule has 0 radical (unpaired) electrons. The summed E-state index contributed by atoms with van der Waals surface area (Å²) in [5.74, 6) is 2.42. The lowest BCUT2D eigenvalue weighted by molar-refractivity contribution is 0.339. The van der Waals surface area contributed by atoms with Crippen molar-refractivity contribution in [3.05, 3.63) is 54.1 Å². The summed E-state index contributed by atoms with van der Waals surface area (Å²) < 4.78 is 11.2.